The van der Waals surface area contributed by atoms with Crippen molar-refractivity contribution in [2.45, 2.75) is 37.1 Å². The summed E-state index contributed by atoms with van der Waals surface area (Å²) in [5.74, 6) is 0. The van der Waals surface area contributed by atoms with Gasteiger partial charge in [-0.3, -0.25) is 0 Å². The van der Waals surface area contributed by atoms with Crippen LogP contribution in [-0.2, 0) is 6.54 Å². The van der Waals surface area contributed by atoms with Crippen LogP contribution in [-0.4, -0.2) is 17.5 Å². The molecule has 1 aromatic rings. The number of thiophene rings is 1. The fourth-order valence-corrected chi connectivity index (χ4v) is 3.67. The smallest absolute Gasteiger partial charge is 0.100 e. The van der Waals surface area contributed by atoms with Crippen LogP contribution in [0.1, 0.15) is 29.7 Å². The Kier molecular flexibility index (Phi) is 4.28. The molecule has 2 nitrogen and oxygen atoms in total. The van der Waals surface area contributed by atoms with Gasteiger partial charge in [0.25, 0.3) is 0 Å². The van der Waals surface area contributed by atoms with E-state index in [-0.39, 0.29) is 0 Å². The van der Waals surface area contributed by atoms with Crippen LogP contribution in [0.15, 0.2) is 11.4 Å². The maximum absolute atomic E-state index is 8.73. The topological polar surface area (TPSA) is 35.8 Å². The molecule has 1 aliphatic carbocycles. The SMILES string of the molecule is CSC1CCC(NCc2cc(C#N)cs2)C1. The van der Waals surface area contributed by atoms with Crippen LogP contribution < -0.4 is 5.32 Å². The highest BCUT2D eigenvalue weighted by molar-refractivity contribution is 7.99. The van der Waals surface area contributed by atoms with Gasteiger partial charge in [-0.15, -0.1) is 11.3 Å². The Morgan fingerprint density at radius 1 is 1.62 bits per heavy atom. The summed E-state index contributed by atoms with van der Waals surface area (Å²) < 4.78 is 0. The minimum Gasteiger partial charge on any atom is -0.309 e. The number of nitrogens with zero attached hydrogens (tertiary/aromatic N) is 1. The fourth-order valence-electron chi connectivity index (χ4n) is 2.12. The van der Waals surface area contributed by atoms with Crippen molar-refractivity contribution in [1.82, 2.24) is 5.32 Å². The zero-order valence-corrected chi connectivity index (χ0v) is 11.0. The van der Waals surface area contributed by atoms with Crippen LogP contribution >= 0.6 is 23.1 Å². The zero-order chi connectivity index (χ0) is 11.4. The molecule has 1 saturated carbocycles. The molecule has 1 heterocycles. The first-order chi connectivity index (χ1) is 7.81. The molecule has 0 radical (unpaired) electrons. The molecule has 0 bridgehead atoms. The van der Waals surface area contributed by atoms with E-state index in [2.05, 4.69) is 17.6 Å². The van der Waals surface area contributed by atoms with E-state index in [1.54, 1.807) is 11.3 Å². The molecule has 1 N–H and O–H groups in total. The third-order valence-electron chi connectivity index (χ3n) is 3.07. The fraction of sp³-hybridized carbons (Fsp3) is 0.583. The molecule has 4 heteroatoms. The number of thioether (sulfide) groups is 1. The van der Waals surface area contributed by atoms with Crippen molar-refractivity contribution < 1.29 is 0 Å². The highest BCUT2D eigenvalue weighted by Gasteiger charge is 2.23. The van der Waals surface area contributed by atoms with E-state index < -0.39 is 0 Å². The van der Waals surface area contributed by atoms with E-state index >= 15 is 0 Å². The Bertz CT molecular complexity index is 381. The lowest BCUT2D eigenvalue weighted by Gasteiger charge is -2.11. The summed E-state index contributed by atoms with van der Waals surface area (Å²) in [5, 5.41) is 15.1. The van der Waals surface area contributed by atoms with Crippen LogP contribution in [0, 0.1) is 11.3 Å². The molecule has 1 aromatic heterocycles. The molecule has 1 aliphatic rings. The minimum atomic E-state index is 0.671. The van der Waals surface area contributed by atoms with Gasteiger partial charge in [-0.1, -0.05) is 0 Å². The molecule has 86 valence electrons. The first kappa shape index (κ1) is 12.0. The van der Waals surface area contributed by atoms with E-state index in [1.165, 1.54) is 24.1 Å². The molecule has 2 unspecified atom stereocenters. The first-order valence-corrected chi connectivity index (χ1v) is 7.72. The van der Waals surface area contributed by atoms with Crippen molar-refractivity contribution in [3.05, 3.63) is 21.9 Å². The molecular weight excluding hydrogens is 236 g/mol. The third kappa shape index (κ3) is 3.00. The number of rotatable bonds is 4. The summed E-state index contributed by atoms with van der Waals surface area (Å²) in [6, 6.07) is 4.83. The molecule has 16 heavy (non-hydrogen) atoms. The molecular formula is C12H16N2S2. The quantitative estimate of drug-likeness (QED) is 0.895. The maximum atomic E-state index is 8.73. The van der Waals surface area contributed by atoms with Gasteiger partial charge in [0.2, 0.25) is 0 Å². The largest absolute Gasteiger partial charge is 0.309 e. The summed E-state index contributed by atoms with van der Waals surface area (Å²) in [5.41, 5.74) is 0.787. The van der Waals surface area contributed by atoms with Crippen LogP contribution in [0.5, 0.6) is 0 Å². The lowest BCUT2D eigenvalue weighted by Crippen LogP contribution is -2.25. The van der Waals surface area contributed by atoms with Crippen LogP contribution in [0.2, 0.25) is 0 Å². The van der Waals surface area contributed by atoms with Gasteiger partial charge < -0.3 is 5.32 Å². The Balaban J connectivity index is 1.78. The Hall–Kier alpha value is -0.500. The van der Waals surface area contributed by atoms with Crippen LogP contribution in [0.4, 0.5) is 0 Å². The van der Waals surface area contributed by atoms with Crippen molar-refractivity contribution in [1.29, 1.82) is 5.26 Å². The van der Waals surface area contributed by atoms with Gasteiger partial charge in [0.05, 0.1) is 5.56 Å². The molecule has 1 fully saturated rings. The average Bonchev–Trinajstić information content (AvgIpc) is 2.95. The van der Waals surface area contributed by atoms with Crippen molar-refractivity contribution in [3.63, 3.8) is 0 Å². The molecule has 2 atom stereocenters. The van der Waals surface area contributed by atoms with Crippen molar-refractivity contribution in [2.75, 3.05) is 6.26 Å². The number of hydrogen-bond donors (Lipinski definition) is 1. The van der Waals surface area contributed by atoms with E-state index in [0.29, 0.717) is 6.04 Å². The molecule has 0 aliphatic heterocycles. The molecule has 0 saturated heterocycles. The van der Waals surface area contributed by atoms with E-state index in [9.17, 15) is 0 Å². The number of nitrogens with one attached hydrogen (secondary N) is 1. The monoisotopic (exact) mass is 252 g/mol. The number of nitriles is 1. The van der Waals surface area contributed by atoms with Gasteiger partial charge in [-0.25, -0.2) is 0 Å². The lowest BCUT2D eigenvalue weighted by molar-refractivity contribution is 0.528. The Morgan fingerprint density at radius 3 is 3.12 bits per heavy atom. The second kappa shape index (κ2) is 5.72. The van der Waals surface area contributed by atoms with Gasteiger partial charge in [-0.2, -0.15) is 17.0 Å². The van der Waals surface area contributed by atoms with E-state index in [4.69, 9.17) is 5.26 Å². The molecule has 0 amide bonds. The van der Waals surface area contributed by atoms with Crippen molar-refractivity contribution >= 4 is 23.1 Å². The maximum Gasteiger partial charge on any atom is 0.100 e. The van der Waals surface area contributed by atoms with E-state index in [1.807, 2.05) is 23.2 Å². The summed E-state index contributed by atoms with van der Waals surface area (Å²) >= 11 is 3.66. The third-order valence-corrected chi connectivity index (χ3v) is 5.10. The van der Waals surface area contributed by atoms with Gasteiger partial charge in [0, 0.05) is 28.1 Å². The molecule has 2 rings (SSSR count). The predicted octanol–water partition coefficient (Wildman–Crippen LogP) is 2.99. The van der Waals surface area contributed by atoms with Gasteiger partial charge >= 0.3 is 0 Å². The first-order valence-electron chi connectivity index (χ1n) is 5.55. The van der Waals surface area contributed by atoms with E-state index in [0.717, 1.165) is 17.4 Å². The average molecular weight is 252 g/mol. The molecule has 0 spiro atoms. The van der Waals surface area contributed by atoms with Crippen molar-refractivity contribution in [2.24, 2.45) is 0 Å². The van der Waals surface area contributed by atoms with Crippen molar-refractivity contribution in [3.8, 4) is 6.07 Å². The summed E-state index contributed by atoms with van der Waals surface area (Å²) in [6.07, 6.45) is 6.12. The standard InChI is InChI=1S/C12H16N2S2/c1-15-11-3-2-10(5-11)14-7-12-4-9(6-13)8-16-12/h4,8,10-11,14H,2-3,5,7H2,1H3. The lowest BCUT2D eigenvalue weighted by atomic mass is 10.2. The van der Waals surface area contributed by atoms with Crippen LogP contribution in [0.3, 0.4) is 0 Å². The summed E-state index contributed by atoms with van der Waals surface area (Å²) in [7, 11) is 0. The second-order valence-corrected chi connectivity index (χ2v) is 6.30. The highest BCUT2D eigenvalue weighted by Crippen LogP contribution is 2.28. The Labute approximate surface area is 105 Å². The summed E-state index contributed by atoms with van der Waals surface area (Å²) in [4.78, 5) is 1.27. The predicted molar refractivity (Wildman–Crippen MR) is 70.8 cm³/mol. The highest BCUT2D eigenvalue weighted by atomic mass is 32.2. The van der Waals surface area contributed by atoms with Gasteiger partial charge in [0.15, 0.2) is 0 Å². The zero-order valence-electron chi connectivity index (χ0n) is 9.40. The molecule has 0 aromatic carbocycles. The minimum absolute atomic E-state index is 0.671. The van der Waals surface area contributed by atoms with Gasteiger partial charge in [-0.05, 0) is 31.6 Å². The summed E-state index contributed by atoms with van der Waals surface area (Å²) in [6.45, 7) is 0.915. The van der Waals surface area contributed by atoms with Gasteiger partial charge in [0.1, 0.15) is 6.07 Å². The second-order valence-electron chi connectivity index (χ2n) is 4.16. The number of hydrogen-bond acceptors (Lipinski definition) is 4. The van der Waals surface area contributed by atoms with Crippen LogP contribution in [0.25, 0.3) is 0 Å². The Morgan fingerprint density at radius 2 is 2.50 bits per heavy atom. The normalized spacial score (nSPS) is 24.5.